The third-order valence-electron chi connectivity index (χ3n) is 2.89. The average Bonchev–Trinajstić information content (AvgIpc) is 2.27. The molecular formula is C11H19N3O2. The van der Waals surface area contributed by atoms with Gasteiger partial charge in [-0.05, 0) is 20.3 Å². The van der Waals surface area contributed by atoms with Crippen molar-refractivity contribution in [1.82, 2.24) is 4.90 Å². The lowest BCUT2D eigenvalue weighted by Crippen LogP contribution is -2.53. The Kier molecular flexibility index (Phi) is 4.27. The van der Waals surface area contributed by atoms with E-state index in [-0.39, 0.29) is 17.4 Å². The van der Waals surface area contributed by atoms with Crippen LogP contribution in [0.15, 0.2) is 0 Å². The van der Waals surface area contributed by atoms with E-state index in [1.807, 2.05) is 18.7 Å². The molecule has 1 saturated heterocycles. The van der Waals surface area contributed by atoms with Crippen molar-refractivity contribution in [1.29, 1.82) is 5.26 Å². The van der Waals surface area contributed by atoms with Crippen LogP contribution in [0.5, 0.6) is 0 Å². The lowest BCUT2D eigenvalue weighted by Gasteiger charge is -2.34. The van der Waals surface area contributed by atoms with Gasteiger partial charge in [0.05, 0.1) is 24.7 Å². The molecule has 2 N–H and O–H groups in total. The SMILES string of the molecule is CC(C)(C#N)CCN1CCOCC1C(N)=O. The second kappa shape index (κ2) is 5.28. The van der Waals surface area contributed by atoms with Gasteiger partial charge in [-0.15, -0.1) is 0 Å². The summed E-state index contributed by atoms with van der Waals surface area (Å²) >= 11 is 0. The largest absolute Gasteiger partial charge is 0.378 e. The van der Waals surface area contributed by atoms with E-state index in [1.165, 1.54) is 0 Å². The number of rotatable bonds is 4. The molecule has 0 bridgehead atoms. The fraction of sp³-hybridized carbons (Fsp3) is 0.818. The average molecular weight is 225 g/mol. The number of hydrogen-bond donors (Lipinski definition) is 1. The Balaban J connectivity index is 2.51. The summed E-state index contributed by atoms with van der Waals surface area (Å²) in [7, 11) is 0. The maximum atomic E-state index is 11.2. The molecule has 0 aromatic rings. The lowest BCUT2D eigenvalue weighted by molar-refractivity contribution is -0.129. The van der Waals surface area contributed by atoms with E-state index in [9.17, 15) is 4.79 Å². The molecule has 1 heterocycles. The first-order valence-electron chi connectivity index (χ1n) is 5.48. The Morgan fingerprint density at radius 3 is 2.94 bits per heavy atom. The first-order chi connectivity index (χ1) is 7.46. The summed E-state index contributed by atoms with van der Waals surface area (Å²) in [6.07, 6.45) is 0.729. The van der Waals surface area contributed by atoms with Gasteiger partial charge in [-0.1, -0.05) is 0 Å². The van der Waals surface area contributed by atoms with Crippen LogP contribution in [-0.4, -0.2) is 43.2 Å². The summed E-state index contributed by atoms with van der Waals surface area (Å²) in [6, 6.07) is 1.91. The number of ether oxygens (including phenoxy) is 1. The van der Waals surface area contributed by atoms with Gasteiger partial charge in [0.2, 0.25) is 5.91 Å². The quantitative estimate of drug-likeness (QED) is 0.736. The van der Waals surface area contributed by atoms with Gasteiger partial charge in [0, 0.05) is 13.1 Å². The van der Waals surface area contributed by atoms with Gasteiger partial charge in [-0.25, -0.2) is 0 Å². The van der Waals surface area contributed by atoms with E-state index in [2.05, 4.69) is 6.07 Å². The van der Waals surface area contributed by atoms with Crippen LogP contribution in [0.3, 0.4) is 0 Å². The highest BCUT2D eigenvalue weighted by molar-refractivity contribution is 5.80. The summed E-state index contributed by atoms with van der Waals surface area (Å²) in [4.78, 5) is 13.2. The molecule has 0 radical (unpaired) electrons. The highest BCUT2D eigenvalue weighted by atomic mass is 16.5. The number of carbonyl (C=O) groups is 1. The zero-order valence-corrected chi connectivity index (χ0v) is 9.90. The number of carbonyl (C=O) groups excluding carboxylic acids is 1. The van der Waals surface area contributed by atoms with E-state index in [0.29, 0.717) is 26.3 Å². The molecule has 0 aromatic heterocycles. The molecular weight excluding hydrogens is 206 g/mol. The molecule has 0 spiro atoms. The molecule has 5 heteroatoms. The van der Waals surface area contributed by atoms with E-state index in [1.54, 1.807) is 0 Å². The third kappa shape index (κ3) is 3.47. The van der Waals surface area contributed by atoms with Crippen molar-refractivity contribution in [2.75, 3.05) is 26.3 Å². The van der Waals surface area contributed by atoms with Crippen molar-refractivity contribution in [3.8, 4) is 6.07 Å². The van der Waals surface area contributed by atoms with Crippen molar-refractivity contribution >= 4 is 5.91 Å². The minimum atomic E-state index is -0.361. The maximum absolute atomic E-state index is 11.2. The van der Waals surface area contributed by atoms with Crippen molar-refractivity contribution in [2.24, 2.45) is 11.1 Å². The number of hydrogen-bond acceptors (Lipinski definition) is 4. The predicted octanol–water partition coefficient (Wildman–Crippen LogP) is 0.112. The van der Waals surface area contributed by atoms with Gasteiger partial charge in [0.25, 0.3) is 0 Å². The highest BCUT2D eigenvalue weighted by Gasteiger charge is 2.29. The van der Waals surface area contributed by atoms with E-state index >= 15 is 0 Å². The molecule has 1 amide bonds. The van der Waals surface area contributed by atoms with Crippen LogP contribution < -0.4 is 5.73 Å². The Hall–Kier alpha value is -1.12. The minimum Gasteiger partial charge on any atom is -0.378 e. The zero-order valence-electron chi connectivity index (χ0n) is 9.90. The number of nitrogens with zero attached hydrogens (tertiary/aromatic N) is 2. The van der Waals surface area contributed by atoms with Crippen LogP contribution >= 0.6 is 0 Å². The predicted molar refractivity (Wildman–Crippen MR) is 59.4 cm³/mol. The number of amides is 1. The summed E-state index contributed by atoms with van der Waals surface area (Å²) < 4.78 is 5.22. The van der Waals surface area contributed by atoms with Crippen LogP contribution in [0, 0.1) is 16.7 Å². The van der Waals surface area contributed by atoms with E-state index in [4.69, 9.17) is 15.7 Å². The Morgan fingerprint density at radius 2 is 2.38 bits per heavy atom. The monoisotopic (exact) mass is 225 g/mol. The lowest BCUT2D eigenvalue weighted by atomic mass is 9.91. The van der Waals surface area contributed by atoms with Gasteiger partial charge in [0.1, 0.15) is 6.04 Å². The van der Waals surface area contributed by atoms with Crippen LogP contribution in [0.25, 0.3) is 0 Å². The van der Waals surface area contributed by atoms with Gasteiger partial charge in [-0.3, -0.25) is 9.69 Å². The molecule has 1 aliphatic rings. The molecule has 90 valence electrons. The molecule has 16 heavy (non-hydrogen) atoms. The number of morpholine rings is 1. The normalized spacial score (nSPS) is 22.7. The van der Waals surface area contributed by atoms with E-state index < -0.39 is 0 Å². The third-order valence-corrected chi connectivity index (χ3v) is 2.89. The Labute approximate surface area is 96.2 Å². The number of nitrogens with two attached hydrogens (primary N) is 1. The van der Waals surface area contributed by atoms with Crippen LogP contribution in [-0.2, 0) is 9.53 Å². The van der Waals surface area contributed by atoms with Gasteiger partial charge >= 0.3 is 0 Å². The summed E-state index contributed by atoms with van der Waals surface area (Å²) in [5.74, 6) is -0.352. The van der Waals surface area contributed by atoms with Crippen molar-refractivity contribution in [3.05, 3.63) is 0 Å². The summed E-state index contributed by atoms with van der Waals surface area (Å²) in [6.45, 7) is 6.19. The van der Waals surface area contributed by atoms with Gasteiger partial charge in [-0.2, -0.15) is 5.26 Å². The highest BCUT2D eigenvalue weighted by Crippen LogP contribution is 2.20. The molecule has 0 aliphatic carbocycles. The first-order valence-corrected chi connectivity index (χ1v) is 5.48. The molecule has 0 saturated carbocycles. The molecule has 1 rings (SSSR count). The standard InChI is InChI=1S/C11H19N3O2/c1-11(2,8-12)3-4-14-5-6-16-7-9(14)10(13)15/h9H,3-7H2,1-2H3,(H2,13,15). The second-order valence-corrected chi connectivity index (χ2v) is 4.77. The first kappa shape index (κ1) is 12.9. The fourth-order valence-electron chi connectivity index (χ4n) is 1.65. The van der Waals surface area contributed by atoms with Crippen molar-refractivity contribution in [3.63, 3.8) is 0 Å². The molecule has 1 fully saturated rings. The summed E-state index contributed by atoms with van der Waals surface area (Å²) in [5.41, 5.74) is 4.94. The second-order valence-electron chi connectivity index (χ2n) is 4.77. The van der Waals surface area contributed by atoms with E-state index in [0.717, 1.165) is 6.42 Å². The number of primary amides is 1. The smallest absolute Gasteiger partial charge is 0.237 e. The number of nitriles is 1. The van der Waals surface area contributed by atoms with Crippen LogP contribution in [0.2, 0.25) is 0 Å². The summed E-state index contributed by atoms with van der Waals surface area (Å²) in [5, 5.41) is 8.91. The van der Waals surface area contributed by atoms with Crippen molar-refractivity contribution in [2.45, 2.75) is 26.3 Å². The fourth-order valence-corrected chi connectivity index (χ4v) is 1.65. The van der Waals surface area contributed by atoms with Crippen LogP contribution in [0.4, 0.5) is 0 Å². The zero-order chi connectivity index (χ0) is 12.2. The molecule has 0 aromatic carbocycles. The molecule has 1 unspecified atom stereocenters. The minimum absolute atomic E-state index is 0.344. The maximum Gasteiger partial charge on any atom is 0.237 e. The van der Waals surface area contributed by atoms with Gasteiger partial charge < -0.3 is 10.5 Å². The van der Waals surface area contributed by atoms with Crippen molar-refractivity contribution < 1.29 is 9.53 Å². The van der Waals surface area contributed by atoms with Crippen LogP contribution in [0.1, 0.15) is 20.3 Å². The Morgan fingerprint density at radius 1 is 1.69 bits per heavy atom. The molecule has 1 atom stereocenters. The molecule has 5 nitrogen and oxygen atoms in total. The topological polar surface area (TPSA) is 79.3 Å². The molecule has 1 aliphatic heterocycles. The van der Waals surface area contributed by atoms with Gasteiger partial charge in [0.15, 0.2) is 0 Å². The Bertz CT molecular complexity index is 296.